The topological polar surface area (TPSA) is 64.3 Å². The number of methoxy groups -OCH3 is 1. The largest absolute Gasteiger partial charge is 0.380 e. The zero-order valence-corrected chi connectivity index (χ0v) is 11.7. The molecule has 1 amide bonds. The number of nitrogens with one attached hydrogen (secondary N) is 1. The number of carbonyl (C=O) groups is 1. The molecule has 4 nitrogen and oxygen atoms in total. The lowest BCUT2D eigenvalue weighted by Gasteiger charge is -2.13. The van der Waals surface area contributed by atoms with Gasteiger partial charge in [-0.15, -0.1) is 0 Å². The third-order valence-corrected chi connectivity index (χ3v) is 3.14. The number of amides is 1. The Morgan fingerprint density at radius 2 is 2.35 bits per heavy atom. The Morgan fingerprint density at radius 3 is 2.94 bits per heavy atom. The molecule has 0 fully saturated rings. The standard InChI is InChI=1S/C11H14BrClN2O2/c1-17-8(6-14)5-11(16)15-10-4-7(13)2-3-9(10)12/h2-4,8H,5-6,14H2,1H3,(H,15,16). The van der Waals surface area contributed by atoms with E-state index >= 15 is 0 Å². The number of carbonyl (C=O) groups excluding carboxylic acids is 1. The van der Waals surface area contributed by atoms with Crippen molar-refractivity contribution in [1.82, 2.24) is 0 Å². The highest BCUT2D eigenvalue weighted by molar-refractivity contribution is 9.10. The van der Waals surface area contributed by atoms with Gasteiger partial charge >= 0.3 is 0 Å². The smallest absolute Gasteiger partial charge is 0.227 e. The van der Waals surface area contributed by atoms with Crippen molar-refractivity contribution in [3.63, 3.8) is 0 Å². The first-order valence-corrected chi connectivity index (χ1v) is 6.21. The van der Waals surface area contributed by atoms with Crippen LogP contribution < -0.4 is 11.1 Å². The van der Waals surface area contributed by atoms with Crippen molar-refractivity contribution in [2.24, 2.45) is 5.73 Å². The second-order valence-corrected chi connectivity index (χ2v) is 4.76. The SMILES string of the molecule is COC(CN)CC(=O)Nc1cc(Cl)ccc1Br. The van der Waals surface area contributed by atoms with E-state index in [0.717, 1.165) is 4.47 Å². The summed E-state index contributed by atoms with van der Waals surface area (Å²) < 4.78 is 5.81. The van der Waals surface area contributed by atoms with Gasteiger partial charge < -0.3 is 15.8 Å². The molecule has 1 aromatic rings. The molecule has 1 atom stereocenters. The lowest BCUT2D eigenvalue weighted by atomic mass is 10.2. The number of hydrogen-bond donors (Lipinski definition) is 2. The van der Waals surface area contributed by atoms with E-state index in [1.54, 1.807) is 18.2 Å². The van der Waals surface area contributed by atoms with Crippen molar-refractivity contribution in [3.05, 3.63) is 27.7 Å². The third-order valence-electron chi connectivity index (χ3n) is 2.21. The van der Waals surface area contributed by atoms with Gasteiger partial charge in [0.15, 0.2) is 0 Å². The minimum atomic E-state index is -0.270. The summed E-state index contributed by atoms with van der Waals surface area (Å²) in [6.07, 6.45) is -0.0562. The fourth-order valence-corrected chi connectivity index (χ4v) is 1.78. The van der Waals surface area contributed by atoms with Crippen molar-refractivity contribution >= 4 is 39.1 Å². The van der Waals surface area contributed by atoms with Crippen LogP contribution in [0.1, 0.15) is 6.42 Å². The molecule has 94 valence electrons. The molecule has 0 radical (unpaired) electrons. The highest BCUT2D eigenvalue weighted by Crippen LogP contribution is 2.26. The Hall–Kier alpha value is -0.620. The minimum absolute atomic E-state index is 0.162. The first-order chi connectivity index (χ1) is 8.06. The molecule has 0 aliphatic carbocycles. The molecule has 0 bridgehead atoms. The van der Waals surface area contributed by atoms with Gasteiger partial charge in [-0.2, -0.15) is 0 Å². The molecular weight excluding hydrogens is 307 g/mol. The van der Waals surface area contributed by atoms with Crippen LogP contribution in [0.2, 0.25) is 5.02 Å². The predicted molar refractivity (Wildman–Crippen MR) is 72.3 cm³/mol. The van der Waals surface area contributed by atoms with E-state index in [1.807, 2.05) is 0 Å². The van der Waals surface area contributed by atoms with Crippen molar-refractivity contribution in [2.75, 3.05) is 19.0 Å². The minimum Gasteiger partial charge on any atom is -0.380 e. The maximum absolute atomic E-state index is 11.7. The van der Waals surface area contributed by atoms with Gasteiger partial charge in [0.2, 0.25) is 5.91 Å². The summed E-state index contributed by atoms with van der Waals surface area (Å²) in [7, 11) is 1.53. The molecule has 1 unspecified atom stereocenters. The molecule has 0 aliphatic heterocycles. The molecule has 0 aliphatic rings. The van der Waals surface area contributed by atoms with Gasteiger partial charge in [-0.1, -0.05) is 11.6 Å². The van der Waals surface area contributed by atoms with Crippen LogP contribution in [0.25, 0.3) is 0 Å². The van der Waals surface area contributed by atoms with Crippen molar-refractivity contribution in [1.29, 1.82) is 0 Å². The van der Waals surface area contributed by atoms with Crippen molar-refractivity contribution in [2.45, 2.75) is 12.5 Å². The Labute approximate surface area is 114 Å². The molecule has 17 heavy (non-hydrogen) atoms. The third kappa shape index (κ3) is 4.63. The maximum atomic E-state index is 11.7. The number of halogens is 2. The van der Waals surface area contributed by atoms with E-state index in [0.29, 0.717) is 17.3 Å². The molecule has 6 heteroatoms. The summed E-state index contributed by atoms with van der Waals surface area (Å²) in [6.45, 7) is 0.306. The Bertz CT molecular complexity index is 397. The normalized spacial score (nSPS) is 12.2. The Balaban J connectivity index is 2.64. The Kier molecular flexibility index (Phi) is 5.91. The first kappa shape index (κ1) is 14.4. The van der Waals surface area contributed by atoms with Crippen LogP contribution in [0.15, 0.2) is 22.7 Å². The summed E-state index contributed by atoms with van der Waals surface area (Å²) in [5, 5.41) is 3.31. The summed E-state index contributed by atoms with van der Waals surface area (Å²) >= 11 is 9.17. The molecule has 0 saturated heterocycles. The van der Waals surface area contributed by atoms with Crippen molar-refractivity contribution in [3.8, 4) is 0 Å². The fraction of sp³-hybridized carbons (Fsp3) is 0.364. The molecule has 0 saturated carbocycles. The average Bonchev–Trinajstić information content (AvgIpc) is 2.31. The lowest BCUT2D eigenvalue weighted by Crippen LogP contribution is -2.28. The van der Waals surface area contributed by atoms with Gasteiger partial charge in [-0.25, -0.2) is 0 Å². The summed E-state index contributed by atoms with van der Waals surface area (Å²) in [5.41, 5.74) is 6.08. The van der Waals surface area contributed by atoms with Crippen LogP contribution in [0.5, 0.6) is 0 Å². The van der Waals surface area contributed by atoms with Gasteiger partial charge in [0, 0.05) is 23.1 Å². The second-order valence-electron chi connectivity index (χ2n) is 3.47. The van der Waals surface area contributed by atoms with Crippen LogP contribution in [0.4, 0.5) is 5.69 Å². The van der Waals surface area contributed by atoms with Gasteiger partial charge in [-0.3, -0.25) is 4.79 Å². The summed E-state index contributed by atoms with van der Waals surface area (Å²) in [5.74, 6) is -0.162. The highest BCUT2D eigenvalue weighted by Gasteiger charge is 2.12. The summed E-state index contributed by atoms with van der Waals surface area (Å²) in [6, 6.07) is 5.18. The number of rotatable bonds is 5. The van der Waals surface area contributed by atoms with E-state index in [-0.39, 0.29) is 18.4 Å². The van der Waals surface area contributed by atoms with E-state index < -0.39 is 0 Å². The van der Waals surface area contributed by atoms with Gasteiger partial charge in [0.25, 0.3) is 0 Å². The predicted octanol–water partition coefficient (Wildman–Crippen LogP) is 2.40. The monoisotopic (exact) mass is 320 g/mol. The number of hydrogen-bond acceptors (Lipinski definition) is 3. The van der Waals surface area contributed by atoms with Crippen molar-refractivity contribution < 1.29 is 9.53 Å². The zero-order chi connectivity index (χ0) is 12.8. The molecule has 1 aromatic carbocycles. The number of anilines is 1. The lowest BCUT2D eigenvalue weighted by molar-refractivity contribution is -0.118. The fourth-order valence-electron chi connectivity index (χ4n) is 1.26. The van der Waals surface area contributed by atoms with E-state index in [2.05, 4.69) is 21.2 Å². The summed E-state index contributed by atoms with van der Waals surface area (Å²) in [4.78, 5) is 11.7. The quantitative estimate of drug-likeness (QED) is 0.875. The molecular formula is C11H14BrClN2O2. The van der Waals surface area contributed by atoms with E-state index in [4.69, 9.17) is 22.1 Å². The second kappa shape index (κ2) is 6.96. The van der Waals surface area contributed by atoms with Gasteiger partial charge in [0.1, 0.15) is 0 Å². The van der Waals surface area contributed by atoms with Gasteiger partial charge in [0.05, 0.1) is 18.2 Å². The average molecular weight is 322 g/mol. The number of nitrogens with two attached hydrogens (primary N) is 1. The maximum Gasteiger partial charge on any atom is 0.227 e. The van der Waals surface area contributed by atoms with Crippen LogP contribution in [0.3, 0.4) is 0 Å². The van der Waals surface area contributed by atoms with Crippen LogP contribution >= 0.6 is 27.5 Å². The number of benzene rings is 1. The molecule has 0 spiro atoms. The molecule has 0 aromatic heterocycles. The van der Waals surface area contributed by atoms with Crippen LogP contribution in [-0.4, -0.2) is 25.7 Å². The number of ether oxygens (including phenoxy) is 1. The van der Waals surface area contributed by atoms with Gasteiger partial charge in [-0.05, 0) is 34.1 Å². The molecule has 1 rings (SSSR count). The Morgan fingerprint density at radius 1 is 1.65 bits per heavy atom. The van der Waals surface area contributed by atoms with E-state index in [9.17, 15) is 4.79 Å². The zero-order valence-electron chi connectivity index (χ0n) is 9.37. The van der Waals surface area contributed by atoms with Crippen LogP contribution in [-0.2, 0) is 9.53 Å². The van der Waals surface area contributed by atoms with Crippen LogP contribution in [0, 0.1) is 0 Å². The first-order valence-electron chi connectivity index (χ1n) is 5.04. The molecule has 3 N–H and O–H groups in total. The molecule has 0 heterocycles. The highest BCUT2D eigenvalue weighted by atomic mass is 79.9. The van der Waals surface area contributed by atoms with E-state index in [1.165, 1.54) is 7.11 Å².